The third-order valence-electron chi connectivity index (χ3n) is 3.95. The topological polar surface area (TPSA) is 105 Å². The predicted molar refractivity (Wildman–Crippen MR) is 112 cm³/mol. The number of aliphatic hydroxyl groups excluding tert-OH is 1. The molecule has 3 aromatic rings. The molecule has 0 aliphatic heterocycles. The smallest absolute Gasteiger partial charge is 0.262 e. The Kier molecular flexibility index (Phi) is 5.41. The molecule has 0 saturated carbocycles. The Morgan fingerprint density at radius 2 is 2.04 bits per heavy atom. The molecule has 0 unspecified atom stereocenters. The first-order valence-electron chi connectivity index (χ1n) is 8.95. The van der Waals surface area contributed by atoms with Crippen LogP contribution in [0.5, 0.6) is 0 Å². The van der Waals surface area contributed by atoms with Crippen molar-refractivity contribution in [1.82, 2.24) is 19.5 Å². The van der Waals surface area contributed by atoms with E-state index in [9.17, 15) is 9.90 Å². The Morgan fingerprint density at radius 1 is 1.25 bits per heavy atom. The summed E-state index contributed by atoms with van der Waals surface area (Å²) >= 11 is 0. The van der Waals surface area contributed by atoms with Gasteiger partial charge in [-0.15, -0.1) is 0 Å². The number of hydrogen-bond donors (Lipinski definition) is 3. The van der Waals surface area contributed by atoms with Crippen molar-refractivity contribution < 1.29 is 5.11 Å². The van der Waals surface area contributed by atoms with Gasteiger partial charge < -0.3 is 20.3 Å². The number of aromatic nitrogens is 4. The number of fused-ring (bicyclic) bond motifs is 1. The van der Waals surface area contributed by atoms with Gasteiger partial charge in [0.15, 0.2) is 0 Å². The fraction of sp³-hybridized carbons (Fsp3) is 0.300. The molecule has 0 bridgehead atoms. The number of anilines is 3. The molecule has 3 N–H and O–H groups in total. The lowest BCUT2D eigenvalue weighted by Crippen LogP contribution is -2.29. The van der Waals surface area contributed by atoms with Gasteiger partial charge in [-0.3, -0.25) is 4.79 Å². The first-order chi connectivity index (χ1) is 13.3. The van der Waals surface area contributed by atoms with Gasteiger partial charge in [0, 0.05) is 24.3 Å². The predicted octanol–water partition coefficient (Wildman–Crippen LogP) is 2.78. The zero-order valence-corrected chi connectivity index (χ0v) is 16.2. The molecule has 8 heteroatoms. The standard InChI is InChI=1S/C20H24N6O2/c1-5-14-11-15(22-12-21-14)23-16-10-13-6-7-26(8-9-27)19(28)17(13)18(24-16)25-20(2,3)4/h5-7,10-12,27H,1,8-9H2,2-4H3,(H2,21,22,23,24,25). The maximum Gasteiger partial charge on any atom is 0.262 e. The summed E-state index contributed by atoms with van der Waals surface area (Å²) in [5.41, 5.74) is 0.194. The van der Waals surface area contributed by atoms with E-state index in [1.54, 1.807) is 24.4 Å². The van der Waals surface area contributed by atoms with Crippen LogP contribution < -0.4 is 16.2 Å². The van der Waals surface area contributed by atoms with E-state index < -0.39 is 0 Å². The van der Waals surface area contributed by atoms with Crippen LogP contribution in [-0.4, -0.2) is 36.8 Å². The van der Waals surface area contributed by atoms with Crippen LogP contribution in [0, 0.1) is 0 Å². The summed E-state index contributed by atoms with van der Waals surface area (Å²) in [7, 11) is 0. The van der Waals surface area contributed by atoms with Gasteiger partial charge in [0.2, 0.25) is 0 Å². The van der Waals surface area contributed by atoms with E-state index in [2.05, 4.69) is 32.2 Å². The van der Waals surface area contributed by atoms with E-state index in [4.69, 9.17) is 0 Å². The van der Waals surface area contributed by atoms with Crippen molar-refractivity contribution in [1.29, 1.82) is 0 Å². The van der Waals surface area contributed by atoms with Gasteiger partial charge in [-0.2, -0.15) is 0 Å². The van der Waals surface area contributed by atoms with Crippen LogP contribution in [-0.2, 0) is 6.54 Å². The van der Waals surface area contributed by atoms with Crippen molar-refractivity contribution in [3.8, 4) is 0 Å². The van der Waals surface area contributed by atoms with E-state index in [1.165, 1.54) is 10.9 Å². The third-order valence-corrected chi connectivity index (χ3v) is 3.95. The Morgan fingerprint density at radius 3 is 2.71 bits per heavy atom. The monoisotopic (exact) mass is 380 g/mol. The van der Waals surface area contributed by atoms with Crippen LogP contribution in [0.2, 0.25) is 0 Å². The minimum atomic E-state index is -0.298. The molecule has 3 aromatic heterocycles. The van der Waals surface area contributed by atoms with Crippen LogP contribution in [0.1, 0.15) is 26.5 Å². The lowest BCUT2D eigenvalue weighted by Gasteiger charge is -2.23. The van der Waals surface area contributed by atoms with Crippen LogP contribution in [0.25, 0.3) is 16.8 Å². The molecule has 28 heavy (non-hydrogen) atoms. The summed E-state index contributed by atoms with van der Waals surface area (Å²) < 4.78 is 1.48. The number of aliphatic hydroxyl groups is 1. The van der Waals surface area contributed by atoms with E-state index >= 15 is 0 Å². The average molecular weight is 380 g/mol. The Hall–Kier alpha value is -3.26. The first-order valence-corrected chi connectivity index (χ1v) is 8.95. The van der Waals surface area contributed by atoms with Crippen molar-refractivity contribution in [2.75, 3.05) is 17.2 Å². The van der Waals surface area contributed by atoms with Crippen LogP contribution >= 0.6 is 0 Å². The first kappa shape index (κ1) is 19.5. The molecule has 0 saturated heterocycles. The summed E-state index contributed by atoms with van der Waals surface area (Å²) in [6.07, 6.45) is 4.76. The number of hydrogen-bond acceptors (Lipinski definition) is 7. The number of nitrogens with one attached hydrogen (secondary N) is 2. The van der Waals surface area contributed by atoms with Crippen LogP contribution in [0.3, 0.4) is 0 Å². The lowest BCUT2D eigenvalue weighted by molar-refractivity contribution is 0.274. The highest BCUT2D eigenvalue weighted by atomic mass is 16.3. The maximum atomic E-state index is 12.9. The second-order valence-electron chi connectivity index (χ2n) is 7.39. The fourth-order valence-corrected chi connectivity index (χ4v) is 2.78. The SMILES string of the molecule is C=Cc1cc(Nc2cc3ccn(CCO)c(=O)c3c(NC(C)(C)C)n2)ncn1. The maximum absolute atomic E-state index is 12.9. The van der Waals surface area contributed by atoms with Gasteiger partial charge in [0.05, 0.1) is 17.7 Å². The minimum Gasteiger partial charge on any atom is -0.395 e. The second-order valence-corrected chi connectivity index (χ2v) is 7.39. The molecule has 0 atom stereocenters. The lowest BCUT2D eigenvalue weighted by atomic mass is 10.1. The van der Waals surface area contributed by atoms with Crippen molar-refractivity contribution >= 4 is 34.3 Å². The van der Waals surface area contributed by atoms with E-state index in [1.807, 2.05) is 26.8 Å². The molecule has 146 valence electrons. The van der Waals surface area contributed by atoms with Gasteiger partial charge in [0.25, 0.3) is 5.56 Å². The van der Waals surface area contributed by atoms with Crippen LogP contribution in [0.4, 0.5) is 17.5 Å². The molecular weight excluding hydrogens is 356 g/mol. The van der Waals surface area contributed by atoms with Crippen molar-refractivity contribution in [2.45, 2.75) is 32.9 Å². The van der Waals surface area contributed by atoms with Gasteiger partial charge in [-0.1, -0.05) is 6.58 Å². The summed E-state index contributed by atoms with van der Waals surface area (Å²) in [6.45, 7) is 9.82. The molecule has 0 spiro atoms. The molecule has 0 radical (unpaired) electrons. The molecule has 0 aliphatic carbocycles. The van der Waals surface area contributed by atoms with E-state index in [0.29, 0.717) is 28.5 Å². The molecular formula is C20H24N6O2. The molecule has 0 amide bonds. The Balaban J connectivity index is 2.13. The summed E-state index contributed by atoms with van der Waals surface area (Å²) in [5, 5.41) is 16.9. The quantitative estimate of drug-likeness (QED) is 0.604. The molecule has 0 aliphatic rings. The highest BCUT2D eigenvalue weighted by Gasteiger charge is 2.17. The van der Waals surface area contributed by atoms with E-state index in [0.717, 1.165) is 5.39 Å². The third kappa shape index (κ3) is 4.34. The van der Waals surface area contributed by atoms with E-state index in [-0.39, 0.29) is 24.2 Å². The van der Waals surface area contributed by atoms with Gasteiger partial charge in [-0.25, -0.2) is 15.0 Å². The molecule has 0 fully saturated rings. The van der Waals surface area contributed by atoms with Gasteiger partial charge in [-0.05, 0) is 44.4 Å². The number of pyridine rings is 2. The number of nitrogens with zero attached hydrogens (tertiary/aromatic N) is 4. The molecule has 8 nitrogen and oxygen atoms in total. The van der Waals surface area contributed by atoms with Crippen LogP contribution in [0.15, 0.2) is 42.1 Å². The Bertz CT molecular complexity index is 1070. The van der Waals surface area contributed by atoms with Gasteiger partial charge in [0.1, 0.15) is 23.8 Å². The zero-order valence-electron chi connectivity index (χ0n) is 16.2. The highest BCUT2D eigenvalue weighted by molar-refractivity contribution is 5.93. The zero-order chi connectivity index (χ0) is 20.3. The van der Waals surface area contributed by atoms with Crippen molar-refractivity contribution in [2.24, 2.45) is 0 Å². The second kappa shape index (κ2) is 7.77. The molecule has 3 heterocycles. The molecule has 3 rings (SSSR count). The number of rotatable bonds is 6. The molecule has 0 aromatic carbocycles. The van der Waals surface area contributed by atoms with Gasteiger partial charge >= 0.3 is 0 Å². The fourth-order valence-electron chi connectivity index (χ4n) is 2.78. The highest BCUT2D eigenvalue weighted by Crippen LogP contribution is 2.26. The summed E-state index contributed by atoms with van der Waals surface area (Å²) in [6, 6.07) is 5.39. The normalized spacial score (nSPS) is 11.4. The van der Waals surface area contributed by atoms with Crippen molar-refractivity contribution in [3.63, 3.8) is 0 Å². The Labute approximate surface area is 163 Å². The largest absolute Gasteiger partial charge is 0.395 e. The average Bonchev–Trinajstić information content (AvgIpc) is 2.63. The minimum absolute atomic E-state index is 0.111. The summed E-state index contributed by atoms with van der Waals surface area (Å²) in [4.78, 5) is 25.8. The van der Waals surface area contributed by atoms with Crippen molar-refractivity contribution in [3.05, 3.63) is 53.3 Å². The summed E-state index contributed by atoms with van der Waals surface area (Å²) in [5.74, 6) is 1.60.